The quantitative estimate of drug-likeness (QED) is 0.358. The van der Waals surface area contributed by atoms with Crippen molar-refractivity contribution in [1.29, 1.82) is 0 Å². The summed E-state index contributed by atoms with van der Waals surface area (Å²) in [5.74, 6) is 1.75. The van der Waals surface area contributed by atoms with Gasteiger partial charge in [0.25, 0.3) is 0 Å². The second-order valence-electron chi connectivity index (χ2n) is 6.07. The van der Waals surface area contributed by atoms with Crippen LogP contribution < -0.4 is 15.4 Å². The maximum absolute atomic E-state index is 6.14. The van der Waals surface area contributed by atoms with Crippen molar-refractivity contribution in [3.63, 3.8) is 0 Å². The van der Waals surface area contributed by atoms with Gasteiger partial charge in [-0.25, -0.2) is 0 Å². The Labute approximate surface area is 172 Å². The lowest BCUT2D eigenvalue weighted by molar-refractivity contribution is 0.140. The smallest absolute Gasteiger partial charge is 0.191 e. The molecule has 2 unspecified atom stereocenters. The molecule has 2 rings (SSSR count). The van der Waals surface area contributed by atoms with Crippen LogP contribution in [0.4, 0.5) is 0 Å². The third kappa shape index (κ3) is 7.62. The van der Waals surface area contributed by atoms with E-state index in [0.29, 0.717) is 18.4 Å². The van der Waals surface area contributed by atoms with E-state index in [1.54, 1.807) is 7.05 Å². The average Bonchev–Trinajstić information content (AvgIpc) is 3.09. The number of nitrogens with zero attached hydrogens (tertiary/aromatic N) is 1. The highest BCUT2D eigenvalue weighted by molar-refractivity contribution is 14.0. The van der Waals surface area contributed by atoms with Gasteiger partial charge < -0.3 is 20.1 Å². The van der Waals surface area contributed by atoms with Crippen molar-refractivity contribution in [3.8, 4) is 5.75 Å². The molecule has 142 valence electrons. The Bertz CT molecular complexity index is 551. The number of hydrogen-bond donors (Lipinski definition) is 2. The van der Waals surface area contributed by atoms with Crippen LogP contribution in [-0.4, -0.2) is 50.4 Å². The topological polar surface area (TPSA) is 54.9 Å². The highest BCUT2D eigenvalue weighted by Gasteiger charge is 2.18. The van der Waals surface area contributed by atoms with Crippen LogP contribution in [0.1, 0.15) is 24.5 Å². The molecule has 1 aliphatic rings. The van der Waals surface area contributed by atoms with Crippen molar-refractivity contribution < 1.29 is 9.47 Å². The fourth-order valence-electron chi connectivity index (χ4n) is 2.43. The lowest BCUT2D eigenvalue weighted by atomic mass is 10.1. The predicted octanol–water partition coefficient (Wildman–Crippen LogP) is 3.20. The zero-order valence-electron chi connectivity index (χ0n) is 15.5. The molecule has 1 aliphatic heterocycles. The van der Waals surface area contributed by atoms with E-state index in [2.05, 4.69) is 53.9 Å². The van der Waals surface area contributed by atoms with Crippen LogP contribution in [-0.2, 0) is 11.3 Å². The van der Waals surface area contributed by atoms with E-state index >= 15 is 0 Å². The molecule has 0 aromatic heterocycles. The summed E-state index contributed by atoms with van der Waals surface area (Å²) in [6, 6.07) is 6.33. The van der Waals surface area contributed by atoms with E-state index in [9.17, 15) is 0 Å². The molecule has 1 heterocycles. The van der Waals surface area contributed by atoms with Crippen molar-refractivity contribution in [2.24, 2.45) is 4.99 Å². The highest BCUT2D eigenvalue weighted by Crippen LogP contribution is 2.23. The molecular weight excluding hydrogens is 449 g/mol. The van der Waals surface area contributed by atoms with Crippen LogP contribution in [0, 0.1) is 6.92 Å². The molecule has 0 bridgehead atoms. The van der Waals surface area contributed by atoms with Gasteiger partial charge in [-0.2, -0.15) is 11.8 Å². The number of hydrogen-bond acceptors (Lipinski definition) is 4. The Hall–Kier alpha value is -0.670. The van der Waals surface area contributed by atoms with Gasteiger partial charge in [-0.05, 0) is 24.8 Å². The van der Waals surface area contributed by atoms with Crippen LogP contribution in [0.15, 0.2) is 23.2 Å². The first-order valence-corrected chi connectivity index (χ1v) is 9.72. The first-order chi connectivity index (χ1) is 11.6. The normalized spacial score (nSPS) is 18.4. The van der Waals surface area contributed by atoms with Crippen LogP contribution in [0.3, 0.4) is 0 Å². The van der Waals surface area contributed by atoms with Gasteiger partial charge in [-0.15, -0.1) is 24.0 Å². The largest absolute Gasteiger partial charge is 0.488 e. The Morgan fingerprint density at radius 3 is 2.88 bits per heavy atom. The summed E-state index contributed by atoms with van der Waals surface area (Å²) in [6.45, 7) is 7.30. The van der Waals surface area contributed by atoms with E-state index in [1.165, 1.54) is 5.56 Å². The monoisotopic (exact) mass is 479 g/mol. The third-order valence-corrected chi connectivity index (χ3v) is 5.00. The maximum Gasteiger partial charge on any atom is 0.191 e. The van der Waals surface area contributed by atoms with E-state index in [0.717, 1.165) is 36.8 Å². The molecule has 0 radical (unpaired) electrons. The van der Waals surface area contributed by atoms with Gasteiger partial charge >= 0.3 is 0 Å². The molecule has 2 atom stereocenters. The molecule has 1 aromatic carbocycles. The van der Waals surface area contributed by atoms with Crippen molar-refractivity contribution in [2.75, 3.05) is 33.1 Å². The van der Waals surface area contributed by atoms with Crippen LogP contribution >= 0.6 is 35.7 Å². The molecular formula is C18H30IN3O2S. The molecule has 0 spiro atoms. The van der Waals surface area contributed by atoms with Crippen LogP contribution in [0.25, 0.3) is 0 Å². The fraction of sp³-hybridized carbons (Fsp3) is 0.611. The second kappa shape index (κ2) is 11.9. The second-order valence-corrected chi connectivity index (χ2v) is 7.34. The molecule has 25 heavy (non-hydrogen) atoms. The highest BCUT2D eigenvalue weighted by atomic mass is 127. The maximum atomic E-state index is 6.14. The van der Waals surface area contributed by atoms with Gasteiger partial charge in [0.05, 0.1) is 13.2 Å². The summed E-state index contributed by atoms with van der Waals surface area (Å²) in [5, 5.41) is 7.27. The van der Waals surface area contributed by atoms with Gasteiger partial charge in [0.15, 0.2) is 5.96 Å². The number of thioether (sulfide) groups is 1. The lowest BCUT2D eigenvalue weighted by Crippen LogP contribution is -2.39. The van der Waals surface area contributed by atoms with Crippen molar-refractivity contribution in [2.45, 2.75) is 38.2 Å². The number of rotatable bonds is 7. The molecule has 1 fully saturated rings. The molecule has 1 aromatic rings. The van der Waals surface area contributed by atoms with Gasteiger partial charge in [0, 0.05) is 37.4 Å². The summed E-state index contributed by atoms with van der Waals surface area (Å²) in [7, 11) is 1.79. The van der Waals surface area contributed by atoms with Crippen molar-refractivity contribution in [1.82, 2.24) is 10.6 Å². The molecule has 0 saturated carbocycles. The van der Waals surface area contributed by atoms with Gasteiger partial charge in [-0.3, -0.25) is 4.99 Å². The molecule has 0 aliphatic carbocycles. The van der Waals surface area contributed by atoms with E-state index < -0.39 is 0 Å². The molecule has 0 amide bonds. The standard InChI is InChI=1S/C18H29N3O2S.HI/c1-13-5-6-15(17(9-13)23-16-7-8-22-12-16)11-21-18(19-3)20-10-14(2)24-4;/h5-6,9,14,16H,7-8,10-12H2,1-4H3,(H2,19,20,21);1H. The fourth-order valence-corrected chi connectivity index (χ4v) is 2.68. The lowest BCUT2D eigenvalue weighted by Gasteiger charge is -2.18. The summed E-state index contributed by atoms with van der Waals surface area (Å²) in [4.78, 5) is 4.28. The molecule has 1 saturated heterocycles. The zero-order valence-corrected chi connectivity index (χ0v) is 18.6. The number of halogens is 1. The van der Waals surface area contributed by atoms with Crippen molar-refractivity contribution >= 4 is 41.7 Å². The third-order valence-electron chi connectivity index (χ3n) is 4.03. The first kappa shape index (κ1) is 22.4. The minimum Gasteiger partial charge on any atom is -0.488 e. The average molecular weight is 479 g/mol. The van der Waals surface area contributed by atoms with Gasteiger partial charge in [0.2, 0.25) is 0 Å². The molecule has 5 nitrogen and oxygen atoms in total. The Balaban J connectivity index is 0.00000312. The van der Waals surface area contributed by atoms with Crippen molar-refractivity contribution in [3.05, 3.63) is 29.3 Å². The number of nitrogens with one attached hydrogen (secondary N) is 2. The Morgan fingerprint density at radius 2 is 2.24 bits per heavy atom. The number of guanidine groups is 1. The summed E-state index contributed by atoms with van der Waals surface area (Å²) < 4.78 is 11.5. The number of aliphatic imine (C=N–C) groups is 1. The van der Waals surface area contributed by atoms with Gasteiger partial charge in [-0.1, -0.05) is 19.1 Å². The van der Waals surface area contributed by atoms with Crippen LogP contribution in [0.5, 0.6) is 5.75 Å². The number of aryl methyl sites for hydroxylation is 1. The van der Waals surface area contributed by atoms with E-state index in [-0.39, 0.29) is 30.1 Å². The van der Waals surface area contributed by atoms with E-state index in [4.69, 9.17) is 9.47 Å². The van der Waals surface area contributed by atoms with Crippen LogP contribution in [0.2, 0.25) is 0 Å². The Kier molecular flexibility index (Phi) is 10.6. The summed E-state index contributed by atoms with van der Waals surface area (Å²) in [6.07, 6.45) is 3.23. The number of benzene rings is 1. The summed E-state index contributed by atoms with van der Waals surface area (Å²) in [5.41, 5.74) is 2.33. The SMILES string of the molecule is CN=C(NCc1ccc(C)cc1OC1CCOC1)NCC(C)SC.I. The van der Waals surface area contributed by atoms with Gasteiger partial charge in [0.1, 0.15) is 11.9 Å². The Morgan fingerprint density at radius 1 is 1.44 bits per heavy atom. The molecule has 2 N–H and O–H groups in total. The minimum absolute atomic E-state index is 0. The predicted molar refractivity (Wildman–Crippen MR) is 118 cm³/mol. The number of ether oxygens (including phenoxy) is 2. The summed E-state index contributed by atoms with van der Waals surface area (Å²) >= 11 is 1.84. The zero-order chi connectivity index (χ0) is 17.4. The molecule has 7 heteroatoms. The minimum atomic E-state index is 0. The van der Waals surface area contributed by atoms with E-state index in [1.807, 2.05) is 11.8 Å². The first-order valence-electron chi connectivity index (χ1n) is 8.43.